The Morgan fingerprint density at radius 2 is 1.91 bits per heavy atom. The van der Waals surface area contributed by atoms with Gasteiger partial charge in [-0.25, -0.2) is 4.79 Å². The molecule has 23 heavy (non-hydrogen) atoms. The smallest absolute Gasteiger partial charge is 0.326 e. The summed E-state index contributed by atoms with van der Waals surface area (Å²) in [7, 11) is 0. The van der Waals surface area contributed by atoms with E-state index in [1.165, 1.54) is 0 Å². The molecule has 0 aromatic heterocycles. The van der Waals surface area contributed by atoms with Crippen molar-refractivity contribution in [2.24, 2.45) is 17.7 Å². The molecule has 1 fully saturated rings. The van der Waals surface area contributed by atoms with E-state index in [1.807, 2.05) is 0 Å². The van der Waals surface area contributed by atoms with Gasteiger partial charge in [0.15, 0.2) is 0 Å². The van der Waals surface area contributed by atoms with Crippen molar-refractivity contribution < 1.29 is 25.7 Å². The largest absolute Gasteiger partial charge is 0.480 e. The molecule has 0 saturated heterocycles. The number of amides is 1. The molecule has 0 spiro atoms. The SMILES string of the molecule is [2H]c1c([2H])c([2H])c(C([2H])([2H])[C@@H](NC(=O)C2CCC(C([2H])(C)C)CC2)C(=O)O)c([2H])c1[2H]. The number of carbonyl (C=O) groups excluding carboxylic acids is 1. The van der Waals surface area contributed by atoms with Crippen LogP contribution in [0.4, 0.5) is 0 Å². The van der Waals surface area contributed by atoms with Crippen molar-refractivity contribution in [1.82, 2.24) is 5.32 Å². The average Bonchev–Trinajstić information content (AvgIpc) is 2.67. The van der Waals surface area contributed by atoms with E-state index in [-0.39, 0.29) is 5.92 Å². The first-order chi connectivity index (χ1) is 14.1. The zero-order valence-electron chi connectivity index (χ0n) is 21.3. The second-order valence-corrected chi connectivity index (χ2v) is 6.05. The van der Waals surface area contributed by atoms with E-state index in [1.54, 1.807) is 13.8 Å². The molecule has 1 aromatic carbocycles. The van der Waals surface area contributed by atoms with Crippen LogP contribution in [-0.2, 0) is 16.0 Å². The van der Waals surface area contributed by atoms with Gasteiger partial charge in [0.1, 0.15) is 6.04 Å². The fourth-order valence-corrected chi connectivity index (χ4v) is 2.82. The fourth-order valence-electron chi connectivity index (χ4n) is 2.82. The van der Waals surface area contributed by atoms with Crippen molar-refractivity contribution in [3.63, 3.8) is 0 Å². The summed E-state index contributed by atoms with van der Waals surface area (Å²) >= 11 is 0. The Hall–Kier alpha value is -1.84. The molecule has 2 N–H and O–H groups in total. The zero-order valence-corrected chi connectivity index (χ0v) is 13.3. The fraction of sp³-hybridized carbons (Fsp3) is 0.579. The number of carbonyl (C=O) groups is 2. The van der Waals surface area contributed by atoms with Crippen molar-refractivity contribution >= 4 is 11.9 Å². The zero-order chi connectivity index (χ0) is 23.9. The molecular weight excluding hydrogens is 290 g/mol. The lowest BCUT2D eigenvalue weighted by Gasteiger charge is -2.30. The number of hydrogen-bond donors (Lipinski definition) is 2. The molecule has 4 heteroatoms. The van der Waals surface area contributed by atoms with Gasteiger partial charge in [0.05, 0.1) is 6.85 Å². The first-order valence-electron chi connectivity index (χ1n) is 11.7. The Bertz CT molecular complexity index is 847. The lowest BCUT2D eigenvalue weighted by atomic mass is 9.76. The van der Waals surface area contributed by atoms with Crippen LogP contribution < -0.4 is 5.32 Å². The second kappa shape index (κ2) is 8.14. The Labute approximate surface area is 149 Å². The van der Waals surface area contributed by atoms with Gasteiger partial charge in [0.25, 0.3) is 0 Å². The number of aliphatic carboxylic acids is 1. The maximum absolute atomic E-state index is 12.7. The summed E-state index contributed by atoms with van der Waals surface area (Å²) in [6.07, 6.45) is -0.869. The minimum atomic E-state index is -2.96. The van der Waals surface area contributed by atoms with Gasteiger partial charge in [-0.15, -0.1) is 0 Å². The van der Waals surface area contributed by atoms with Gasteiger partial charge in [-0.2, -0.15) is 0 Å². The van der Waals surface area contributed by atoms with Gasteiger partial charge < -0.3 is 10.4 Å². The van der Waals surface area contributed by atoms with E-state index >= 15 is 0 Å². The lowest BCUT2D eigenvalue weighted by Crippen LogP contribution is -2.45. The van der Waals surface area contributed by atoms with E-state index < -0.39 is 71.9 Å². The minimum absolute atomic E-state index is 0.101. The second-order valence-electron chi connectivity index (χ2n) is 6.05. The van der Waals surface area contributed by atoms with Crippen LogP contribution in [0.15, 0.2) is 30.2 Å². The summed E-state index contributed by atoms with van der Waals surface area (Å²) in [4.78, 5) is 24.6. The van der Waals surface area contributed by atoms with Gasteiger partial charge >= 0.3 is 5.97 Å². The third-order valence-corrected chi connectivity index (χ3v) is 4.24. The summed E-state index contributed by atoms with van der Waals surface area (Å²) in [6.45, 7) is 3.60. The molecule has 1 atom stereocenters. The first kappa shape index (κ1) is 9.45. The molecule has 1 aliphatic carbocycles. The van der Waals surface area contributed by atoms with Crippen LogP contribution in [0.3, 0.4) is 0 Å². The molecule has 2 rings (SSSR count). The molecule has 0 aliphatic heterocycles. The molecule has 1 aliphatic rings. The van der Waals surface area contributed by atoms with Crippen molar-refractivity contribution in [2.75, 3.05) is 0 Å². The standard InChI is InChI=1S/C19H27NO3/c1-13(2)15-8-10-16(11-9-15)18(21)20-17(19(22)23)12-14-6-4-3-5-7-14/h3-7,13,15-17H,8-12H2,1-2H3,(H,20,21)(H,22,23)/t15?,16?,17-/m1/s1/i3D,4D,5D,6D,7D,12D2,13D. The lowest BCUT2D eigenvalue weighted by molar-refractivity contribution is -0.142. The number of hydrogen-bond acceptors (Lipinski definition) is 2. The van der Waals surface area contributed by atoms with Gasteiger partial charge in [-0.05, 0) is 43.1 Å². The highest BCUT2D eigenvalue weighted by Gasteiger charge is 2.30. The molecule has 4 nitrogen and oxygen atoms in total. The molecule has 0 heterocycles. The third kappa shape index (κ3) is 5.08. The van der Waals surface area contributed by atoms with Gasteiger partial charge in [-0.1, -0.05) is 44.1 Å². The Morgan fingerprint density at radius 1 is 1.30 bits per heavy atom. The van der Waals surface area contributed by atoms with Crippen molar-refractivity contribution in [3.8, 4) is 0 Å². The average molecular weight is 325 g/mol. The molecule has 1 aromatic rings. The summed E-state index contributed by atoms with van der Waals surface area (Å²) in [5, 5.41) is 11.8. The van der Waals surface area contributed by atoms with Crippen LogP contribution >= 0.6 is 0 Å². The molecule has 1 amide bonds. The molecule has 1 saturated carbocycles. The van der Waals surface area contributed by atoms with Crippen LogP contribution in [-0.4, -0.2) is 23.0 Å². The highest BCUT2D eigenvalue weighted by molar-refractivity contribution is 5.85. The monoisotopic (exact) mass is 325 g/mol. The highest BCUT2D eigenvalue weighted by atomic mass is 16.4. The van der Waals surface area contributed by atoms with E-state index in [9.17, 15) is 14.7 Å². The molecule has 0 unspecified atom stereocenters. The topological polar surface area (TPSA) is 66.4 Å². The molecule has 0 radical (unpaired) electrons. The van der Waals surface area contributed by atoms with E-state index in [0.717, 1.165) is 0 Å². The molecule has 126 valence electrons. The van der Waals surface area contributed by atoms with Gasteiger partial charge in [0.2, 0.25) is 5.91 Å². The summed E-state index contributed by atoms with van der Waals surface area (Å²) in [5.74, 6) is -3.47. The summed E-state index contributed by atoms with van der Waals surface area (Å²) in [6, 6.07) is -6.14. The number of carboxylic acid groups (broad SMARTS) is 1. The Kier molecular flexibility index (Phi) is 3.34. The Balaban J connectivity index is 2.31. The molecule has 0 bridgehead atoms. The quantitative estimate of drug-likeness (QED) is 0.843. The third-order valence-electron chi connectivity index (χ3n) is 4.24. The van der Waals surface area contributed by atoms with Gasteiger partial charge in [0, 0.05) is 16.4 Å². The Morgan fingerprint density at radius 3 is 2.43 bits per heavy atom. The maximum Gasteiger partial charge on any atom is 0.326 e. The van der Waals surface area contributed by atoms with E-state index in [4.69, 9.17) is 11.0 Å². The number of carboxylic acids is 1. The number of benzene rings is 1. The predicted molar refractivity (Wildman–Crippen MR) is 90.0 cm³/mol. The summed E-state index contributed by atoms with van der Waals surface area (Å²) < 4.78 is 63.7. The van der Waals surface area contributed by atoms with Gasteiger partial charge in [-0.3, -0.25) is 4.79 Å². The normalized spacial score (nSPS) is 28.6. The van der Waals surface area contributed by atoms with E-state index in [2.05, 4.69) is 5.32 Å². The van der Waals surface area contributed by atoms with Crippen molar-refractivity contribution in [3.05, 3.63) is 35.8 Å². The van der Waals surface area contributed by atoms with Crippen LogP contribution in [0.1, 0.15) is 56.1 Å². The van der Waals surface area contributed by atoms with Crippen molar-refractivity contribution in [1.29, 1.82) is 0 Å². The minimum Gasteiger partial charge on any atom is -0.480 e. The maximum atomic E-state index is 12.7. The van der Waals surface area contributed by atoms with Crippen molar-refractivity contribution in [2.45, 2.75) is 51.9 Å². The number of nitrogens with one attached hydrogen (secondary N) is 1. The summed E-state index contributed by atoms with van der Waals surface area (Å²) in [5.41, 5.74) is -0.814. The highest BCUT2D eigenvalue weighted by Crippen LogP contribution is 2.33. The van der Waals surface area contributed by atoms with Crippen LogP contribution in [0, 0.1) is 17.7 Å². The first-order valence-corrected chi connectivity index (χ1v) is 7.71. The van der Waals surface area contributed by atoms with E-state index in [0.29, 0.717) is 25.7 Å². The predicted octanol–water partition coefficient (Wildman–Crippen LogP) is 3.26. The van der Waals surface area contributed by atoms with Crippen LogP contribution in [0.25, 0.3) is 0 Å². The number of rotatable bonds is 6. The van der Waals surface area contributed by atoms with Crippen LogP contribution in [0.5, 0.6) is 0 Å². The molecular formula is C19H27NO3. The van der Waals surface area contributed by atoms with Crippen LogP contribution in [0.2, 0.25) is 0 Å².